The summed E-state index contributed by atoms with van der Waals surface area (Å²) in [5.41, 5.74) is 2.96. The molecule has 2 heteroatoms. The fourth-order valence-corrected chi connectivity index (χ4v) is 3.13. The van der Waals surface area contributed by atoms with Crippen LogP contribution < -0.4 is 10.1 Å². The van der Waals surface area contributed by atoms with Gasteiger partial charge in [0.25, 0.3) is 0 Å². The number of ether oxygens (including phenoxy) is 1. The van der Waals surface area contributed by atoms with Crippen LogP contribution in [0.4, 0.5) is 0 Å². The Morgan fingerprint density at radius 2 is 1.94 bits per heavy atom. The Morgan fingerprint density at radius 1 is 1.17 bits per heavy atom. The Labute approximate surface area is 110 Å². The van der Waals surface area contributed by atoms with E-state index < -0.39 is 0 Å². The lowest BCUT2D eigenvalue weighted by Crippen LogP contribution is -2.48. The van der Waals surface area contributed by atoms with Crippen molar-refractivity contribution in [1.82, 2.24) is 5.32 Å². The van der Waals surface area contributed by atoms with Crippen LogP contribution in [0.25, 0.3) is 0 Å². The van der Waals surface area contributed by atoms with Crippen LogP contribution >= 0.6 is 0 Å². The van der Waals surface area contributed by atoms with Crippen molar-refractivity contribution in [2.24, 2.45) is 0 Å². The zero-order chi connectivity index (χ0) is 12.6. The van der Waals surface area contributed by atoms with Gasteiger partial charge in [0.2, 0.25) is 0 Å². The molecule has 1 spiro atoms. The number of nitrogens with one attached hydrogen (secondary N) is 1. The van der Waals surface area contributed by atoms with Gasteiger partial charge in [-0.25, -0.2) is 0 Å². The molecule has 98 valence electrons. The molecule has 18 heavy (non-hydrogen) atoms. The summed E-state index contributed by atoms with van der Waals surface area (Å²) < 4.78 is 6.36. The number of piperidine rings is 1. The minimum Gasteiger partial charge on any atom is -0.487 e. The van der Waals surface area contributed by atoms with Crippen molar-refractivity contribution in [1.29, 1.82) is 0 Å². The highest BCUT2D eigenvalue weighted by Gasteiger charge is 2.37. The zero-order valence-electron chi connectivity index (χ0n) is 11.5. The predicted molar refractivity (Wildman–Crippen MR) is 74.3 cm³/mol. The minimum absolute atomic E-state index is 0.123. The van der Waals surface area contributed by atoms with Crippen LogP contribution in [0.3, 0.4) is 0 Å². The van der Waals surface area contributed by atoms with Gasteiger partial charge in [-0.15, -0.1) is 0 Å². The molecule has 2 aliphatic heterocycles. The fourth-order valence-electron chi connectivity index (χ4n) is 3.13. The van der Waals surface area contributed by atoms with Crippen molar-refractivity contribution in [3.8, 4) is 5.75 Å². The summed E-state index contributed by atoms with van der Waals surface area (Å²) in [6, 6.07) is 6.76. The Bertz CT molecular complexity index is 433. The maximum Gasteiger partial charge on any atom is 0.123 e. The molecule has 0 bridgehead atoms. The van der Waals surface area contributed by atoms with Crippen LogP contribution in [0.5, 0.6) is 5.75 Å². The van der Waals surface area contributed by atoms with Gasteiger partial charge in [0.05, 0.1) is 0 Å². The first-order chi connectivity index (χ1) is 8.69. The zero-order valence-corrected chi connectivity index (χ0v) is 11.5. The molecular weight excluding hydrogens is 222 g/mol. The van der Waals surface area contributed by atoms with Crippen molar-refractivity contribution < 1.29 is 4.74 Å². The molecule has 1 aromatic carbocycles. The highest BCUT2D eigenvalue weighted by atomic mass is 16.5. The lowest BCUT2D eigenvalue weighted by atomic mass is 9.83. The van der Waals surface area contributed by atoms with Crippen molar-refractivity contribution in [3.05, 3.63) is 29.3 Å². The van der Waals surface area contributed by atoms with Gasteiger partial charge in [0.1, 0.15) is 11.4 Å². The smallest absolute Gasteiger partial charge is 0.123 e. The van der Waals surface area contributed by atoms with Gasteiger partial charge in [0.15, 0.2) is 0 Å². The summed E-state index contributed by atoms with van der Waals surface area (Å²) in [6.45, 7) is 6.69. The Balaban J connectivity index is 1.85. The van der Waals surface area contributed by atoms with Gasteiger partial charge in [-0.3, -0.25) is 0 Å². The van der Waals surface area contributed by atoms with E-state index in [0.717, 1.165) is 31.7 Å². The van der Waals surface area contributed by atoms with E-state index in [1.807, 2.05) is 0 Å². The van der Waals surface area contributed by atoms with Gasteiger partial charge in [-0.05, 0) is 61.9 Å². The summed E-state index contributed by atoms with van der Waals surface area (Å²) in [5.74, 6) is 1.73. The Morgan fingerprint density at radius 3 is 2.67 bits per heavy atom. The summed E-state index contributed by atoms with van der Waals surface area (Å²) in [5, 5.41) is 3.42. The molecule has 0 atom stereocenters. The molecule has 2 aliphatic rings. The summed E-state index contributed by atoms with van der Waals surface area (Å²) in [4.78, 5) is 0. The number of rotatable bonds is 1. The lowest BCUT2D eigenvalue weighted by Gasteiger charge is -2.41. The number of aryl methyl sites for hydroxylation is 1. The van der Waals surface area contributed by atoms with Gasteiger partial charge in [0, 0.05) is 0 Å². The molecule has 1 N–H and O–H groups in total. The molecule has 0 unspecified atom stereocenters. The predicted octanol–water partition coefficient (Wildman–Crippen LogP) is 3.26. The van der Waals surface area contributed by atoms with Gasteiger partial charge in [-0.1, -0.05) is 26.0 Å². The molecular formula is C16H23NO. The molecule has 1 fully saturated rings. The minimum atomic E-state index is 0.123. The third kappa shape index (κ3) is 2.14. The number of hydrogen-bond acceptors (Lipinski definition) is 2. The van der Waals surface area contributed by atoms with Crippen LogP contribution in [-0.2, 0) is 6.42 Å². The van der Waals surface area contributed by atoms with E-state index in [1.165, 1.54) is 24.0 Å². The largest absolute Gasteiger partial charge is 0.487 e. The van der Waals surface area contributed by atoms with Crippen molar-refractivity contribution in [2.75, 3.05) is 13.1 Å². The first-order valence-electron chi connectivity index (χ1n) is 7.21. The van der Waals surface area contributed by atoms with Crippen molar-refractivity contribution in [3.63, 3.8) is 0 Å². The highest BCUT2D eigenvalue weighted by Crippen LogP contribution is 2.39. The second-order valence-electron chi connectivity index (χ2n) is 6.06. The standard InChI is InChI=1S/C16H23NO/c1-12(2)13-3-4-15-14(11-13)5-6-16(18-15)7-9-17-10-8-16/h3-4,11-12,17H,5-10H2,1-2H3. The summed E-state index contributed by atoms with van der Waals surface area (Å²) in [6.07, 6.45) is 4.66. The van der Waals surface area contributed by atoms with E-state index in [2.05, 4.69) is 37.4 Å². The molecule has 0 aromatic heterocycles. The molecule has 2 heterocycles. The topological polar surface area (TPSA) is 21.3 Å². The van der Waals surface area contributed by atoms with Crippen LogP contribution in [0, 0.1) is 0 Å². The second kappa shape index (κ2) is 4.58. The average molecular weight is 245 g/mol. The molecule has 0 saturated carbocycles. The summed E-state index contributed by atoms with van der Waals surface area (Å²) in [7, 11) is 0. The van der Waals surface area contributed by atoms with Gasteiger partial charge in [-0.2, -0.15) is 0 Å². The van der Waals surface area contributed by atoms with Crippen molar-refractivity contribution in [2.45, 2.75) is 51.0 Å². The molecule has 0 aliphatic carbocycles. The fraction of sp³-hybridized carbons (Fsp3) is 0.625. The van der Waals surface area contributed by atoms with E-state index in [1.54, 1.807) is 0 Å². The quantitative estimate of drug-likeness (QED) is 0.820. The number of fused-ring (bicyclic) bond motifs is 1. The molecule has 3 rings (SSSR count). The number of benzene rings is 1. The molecule has 0 amide bonds. The molecule has 1 aromatic rings. The maximum atomic E-state index is 6.36. The van der Waals surface area contributed by atoms with Crippen LogP contribution in [0.2, 0.25) is 0 Å². The van der Waals surface area contributed by atoms with Gasteiger partial charge >= 0.3 is 0 Å². The normalized spacial score (nSPS) is 21.7. The van der Waals surface area contributed by atoms with Crippen LogP contribution in [0.15, 0.2) is 18.2 Å². The van der Waals surface area contributed by atoms with Crippen molar-refractivity contribution >= 4 is 0 Å². The molecule has 2 nitrogen and oxygen atoms in total. The Kier molecular flexibility index (Phi) is 3.06. The lowest BCUT2D eigenvalue weighted by molar-refractivity contribution is 0.0169. The highest BCUT2D eigenvalue weighted by molar-refractivity contribution is 5.40. The average Bonchev–Trinajstić information content (AvgIpc) is 2.39. The van der Waals surface area contributed by atoms with Gasteiger partial charge < -0.3 is 10.1 Å². The maximum absolute atomic E-state index is 6.36. The summed E-state index contributed by atoms with van der Waals surface area (Å²) >= 11 is 0. The first kappa shape index (κ1) is 12.0. The van der Waals surface area contributed by atoms with Crippen LogP contribution in [0.1, 0.15) is 50.2 Å². The second-order valence-corrected chi connectivity index (χ2v) is 6.06. The monoisotopic (exact) mass is 245 g/mol. The van der Waals surface area contributed by atoms with E-state index in [9.17, 15) is 0 Å². The van der Waals surface area contributed by atoms with E-state index in [0.29, 0.717) is 5.92 Å². The molecule has 0 radical (unpaired) electrons. The number of hydrogen-bond donors (Lipinski definition) is 1. The van der Waals surface area contributed by atoms with E-state index in [4.69, 9.17) is 4.74 Å². The Hall–Kier alpha value is -1.02. The third-order valence-corrected chi connectivity index (χ3v) is 4.44. The molecule has 1 saturated heterocycles. The van der Waals surface area contributed by atoms with E-state index >= 15 is 0 Å². The van der Waals surface area contributed by atoms with E-state index in [-0.39, 0.29) is 5.60 Å². The van der Waals surface area contributed by atoms with Crippen LogP contribution in [-0.4, -0.2) is 18.7 Å². The SMILES string of the molecule is CC(C)c1ccc2c(c1)CCC1(CCNCC1)O2. The first-order valence-corrected chi connectivity index (χ1v) is 7.21. The third-order valence-electron chi connectivity index (χ3n) is 4.44.